The van der Waals surface area contributed by atoms with Gasteiger partial charge in [-0.05, 0) is 36.4 Å². The molecule has 0 fully saturated rings. The summed E-state index contributed by atoms with van der Waals surface area (Å²) in [4.78, 5) is 23.4. The summed E-state index contributed by atoms with van der Waals surface area (Å²) < 4.78 is 49.0. The van der Waals surface area contributed by atoms with Gasteiger partial charge < -0.3 is 30.0 Å². The van der Waals surface area contributed by atoms with Crippen LogP contribution in [0.15, 0.2) is 60.9 Å². The van der Waals surface area contributed by atoms with Crippen molar-refractivity contribution in [3.8, 4) is 22.8 Å². The molecule has 8 nitrogen and oxygen atoms in total. The maximum Gasteiger partial charge on any atom is 4.00 e. The van der Waals surface area contributed by atoms with Gasteiger partial charge in [0.1, 0.15) is 5.69 Å². The molecule has 0 aliphatic carbocycles. The Labute approximate surface area is 192 Å². The van der Waals surface area contributed by atoms with E-state index in [0.717, 1.165) is 6.07 Å². The number of pyridine rings is 2. The molecular formula is C19H12F4N6O2Os. The molecule has 4 rings (SSSR count). The van der Waals surface area contributed by atoms with Crippen LogP contribution in [0.5, 0.6) is 0 Å². The van der Waals surface area contributed by atoms with Crippen molar-refractivity contribution in [3.63, 3.8) is 0 Å². The molecule has 0 radical (unpaired) electrons. The zero-order valence-corrected chi connectivity index (χ0v) is 18.3. The maximum atomic E-state index is 12.4. The molecule has 4 aromatic rings. The minimum atomic E-state index is -4.46. The molecule has 166 valence electrons. The summed E-state index contributed by atoms with van der Waals surface area (Å²) in [5.74, 6) is -0.573. The van der Waals surface area contributed by atoms with Gasteiger partial charge >= 0.3 is 26.0 Å². The maximum absolute atomic E-state index is 12.4. The van der Waals surface area contributed by atoms with E-state index in [1.165, 1.54) is 12.3 Å². The largest absolute Gasteiger partial charge is 4.00 e. The Bertz CT molecular complexity index is 1030. The SMILES string of the molecule is FC(F)(F)c1cc(-c2ccccn2)[n-]n1.Fc1cc(-c2ccccn2)[n-]n1.[CH-]=O.[CH-]=O.[Os+4]. The number of halogens is 4. The van der Waals surface area contributed by atoms with Crippen molar-refractivity contribution in [2.75, 3.05) is 0 Å². The second kappa shape index (κ2) is 14.4. The van der Waals surface area contributed by atoms with Gasteiger partial charge in [0.15, 0.2) is 5.95 Å². The molecule has 0 aliphatic rings. The van der Waals surface area contributed by atoms with Crippen LogP contribution in [0.1, 0.15) is 5.69 Å². The van der Waals surface area contributed by atoms with Crippen LogP contribution < -0.4 is 10.2 Å². The van der Waals surface area contributed by atoms with Gasteiger partial charge in [0.2, 0.25) is 0 Å². The van der Waals surface area contributed by atoms with Gasteiger partial charge in [0.05, 0.1) is 0 Å². The monoisotopic (exact) mass is 624 g/mol. The number of hydrogen-bond donors (Lipinski definition) is 0. The minimum Gasteiger partial charge on any atom is -0.573 e. The first kappa shape index (κ1) is 28.4. The predicted molar refractivity (Wildman–Crippen MR) is 100 cm³/mol. The zero-order chi connectivity index (χ0) is 23.3. The van der Waals surface area contributed by atoms with E-state index < -0.39 is 17.8 Å². The van der Waals surface area contributed by atoms with Crippen molar-refractivity contribution in [1.29, 1.82) is 0 Å². The molecule has 0 aliphatic heterocycles. The van der Waals surface area contributed by atoms with Crippen LogP contribution in [0.4, 0.5) is 17.6 Å². The summed E-state index contributed by atoms with van der Waals surface area (Å²) in [6.45, 7) is 6.50. The molecule has 4 aromatic heterocycles. The Kier molecular flexibility index (Phi) is 12.8. The number of alkyl halides is 3. The van der Waals surface area contributed by atoms with Gasteiger partial charge in [0.25, 0.3) is 0 Å². The van der Waals surface area contributed by atoms with E-state index in [1.54, 1.807) is 36.5 Å². The van der Waals surface area contributed by atoms with Crippen molar-refractivity contribution in [2.24, 2.45) is 0 Å². The summed E-state index contributed by atoms with van der Waals surface area (Å²) in [5.41, 5.74) is 0.605. The normalized spacial score (nSPS) is 9.50. The molecule has 0 bridgehead atoms. The van der Waals surface area contributed by atoms with Crippen LogP contribution >= 0.6 is 0 Å². The van der Waals surface area contributed by atoms with Crippen LogP contribution in [0.2, 0.25) is 0 Å². The van der Waals surface area contributed by atoms with Crippen LogP contribution in [0, 0.1) is 5.95 Å². The Morgan fingerprint density at radius 3 is 1.56 bits per heavy atom. The predicted octanol–water partition coefficient (Wildman–Crippen LogP) is 2.81. The van der Waals surface area contributed by atoms with Crippen molar-refractivity contribution in [1.82, 2.24) is 30.4 Å². The fourth-order valence-electron chi connectivity index (χ4n) is 1.98. The summed E-state index contributed by atoms with van der Waals surface area (Å²) in [6.07, 6.45) is -1.35. The molecule has 0 saturated carbocycles. The fourth-order valence-corrected chi connectivity index (χ4v) is 1.98. The van der Waals surface area contributed by atoms with E-state index in [-0.39, 0.29) is 25.5 Å². The van der Waals surface area contributed by atoms with E-state index >= 15 is 0 Å². The van der Waals surface area contributed by atoms with E-state index in [2.05, 4.69) is 43.9 Å². The summed E-state index contributed by atoms with van der Waals surface area (Å²) in [5, 5.41) is 13.3. The van der Waals surface area contributed by atoms with Crippen molar-refractivity contribution in [2.45, 2.75) is 6.18 Å². The fraction of sp³-hybridized carbons (Fsp3) is 0.0526. The van der Waals surface area contributed by atoms with Crippen molar-refractivity contribution in [3.05, 3.63) is 72.6 Å². The van der Waals surface area contributed by atoms with Gasteiger partial charge in [0, 0.05) is 23.8 Å². The third kappa shape index (κ3) is 8.65. The number of hydrogen-bond acceptors (Lipinski definition) is 6. The first-order valence-electron chi connectivity index (χ1n) is 7.97. The van der Waals surface area contributed by atoms with E-state index in [0.29, 0.717) is 17.1 Å². The molecule has 0 amide bonds. The topological polar surface area (TPSA) is 114 Å². The number of rotatable bonds is 2. The van der Waals surface area contributed by atoms with Gasteiger partial charge in [-0.15, -0.1) is 0 Å². The first-order chi connectivity index (χ1) is 14.9. The Hall–Kier alpha value is -3.58. The third-order valence-electron chi connectivity index (χ3n) is 3.19. The molecule has 0 aromatic carbocycles. The number of carbonyl (C=O) groups excluding carboxylic acids is 2. The molecule has 13 heteroatoms. The van der Waals surface area contributed by atoms with Gasteiger partial charge in [-0.3, -0.25) is 23.5 Å². The Balaban J connectivity index is 0.000000514. The quantitative estimate of drug-likeness (QED) is 0.191. The number of aromatic nitrogens is 6. The second-order valence-corrected chi connectivity index (χ2v) is 5.09. The molecule has 0 N–H and O–H groups in total. The standard InChI is InChI=1S/C9H5F3N3.C8H5FN3.2CHO.Os/c10-9(11,12)8-5-7(14-15-8)6-3-1-2-4-13-6;9-8-5-7(11-12-8)6-3-1-2-4-10-6;2*1-2;/h1-5H;1-5H;2*1H;/q4*-1;+4. The second-order valence-electron chi connectivity index (χ2n) is 5.09. The average Bonchev–Trinajstić information content (AvgIpc) is 3.48. The van der Waals surface area contributed by atoms with Gasteiger partial charge in [-0.2, -0.15) is 17.6 Å². The van der Waals surface area contributed by atoms with Crippen molar-refractivity contribution >= 4 is 13.6 Å². The molecule has 0 spiro atoms. The molecule has 4 heterocycles. The van der Waals surface area contributed by atoms with Crippen molar-refractivity contribution < 1.29 is 46.9 Å². The Morgan fingerprint density at radius 2 is 1.22 bits per heavy atom. The van der Waals surface area contributed by atoms with Gasteiger partial charge in [-0.25, -0.2) is 0 Å². The summed E-state index contributed by atoms with van der Waals surface area (Å²) in [7, 11) is 0. The summed E-state index contributed by atoms with van der Waals surface area (Å²) >= 11 is 0. The van der Waals surface area contributed by atoms with E-state index in [4.69, 9.17) is 9.59 Å². The summed E-state index contributed by atoms with van der Waals surface area (Å²) in [6, 6.07) is 12.4. The molecular weight excluding hydrogens is 610 g/mol. The van der Waals surface area contributed by atoms with Crippen LogP contribution in [-0.2, 0) is 35.6 Å². The number of nitrogens with zero attached hydrogens (tertiary/aromatic N) is 6. The van der Waals surface area contributed by atoms with Crippen LogP contribution in [-0.4, -0.2) is 33.7 Å². The molecule has 32 heavy (non-hydrogen) atoms. The van der Waals surface area contributed by atoms with E-state index in [1.807, 2.05) is 6.07 Å². The molecule has 0 atom stereocenters. The van der Waals surface area contributed by atoms with Crippen LogP contribution in [0.3, 0.4) is 0 Å². The first-order valence-corrected chi connectivity index (χ1v) is 7.97. The van der Waals surface area contributed by atoms with E-state index in [9.17, 15) is 17.6 Å². The minimum absolute atomic E-state index is 0. The molecule has 0 unspecified atom stereocenters. The Morgan fingerprint density at radius 1 is 0.750 bits per heavy atom. The average molecular weight is 623 g/mol. The molecule has 0 saturated heterocycles. The zero-order valence-electron chi connectivity index (χ0n) is 15.8. The van der Waals surface area contributed by atoms with Crippen LogP contribution in [0.25, 0.3) is 22.8 Å². The van der Waals surface area contributed by atoms with Gasteiger partial charge in [-0.1, -0.05) is 23.5 Å². The third-order valence-corrected chi connectivity index (χ3v) is 3.19. The smallest absolute Gasteiger partial charge is 0.573 e.